The molecule has 0 aliphatic heterocycles. The Bertz CT molecular complexity index is 432. The molecule has 98 valence electrons. The number of rotatable bonds is 5. The second kappa shape index (κ2) is 6.64. The molecule has 0 aromatic heterocycles. The molecule has 1 aromatic carbocycles. The molecule has 18 heavy (non-hydrogen) atoms. The highest BCUT2D eigenvalue weighted by Gasteiger charge is 2.14. The number of nitrogen functional groups attached to an aromatic ring is 1. The van der Waals surface area contributed by atoms with Crippen LogP contribution >= 0.6 is 0 Å². The van der Waals surface area contributed by atoms with Crippen molar-refractivity contribution in [2.45, 2.75) is 26.3 Å². The highest BCUT2D eigenvalue weighted by atomic mass is 16.2. The molecule has 0 bridgehead atoms. The number of likely N-dealkylation sites (N-methyl/N-ethyl adjacent to an activating group) is 1. The highest BCUT2D eigenvalue weighted by molar-refractivity contribution is 5.88. The lowest BCUT2D eigenvalue weighted by Gasteiger charge is -2.13. The van der Waals surface area contributed by atoms with Gasteiger partial charge in [-0.3, -0.25) is 9.59 Å². The molecular formula is C13H19N3O2. The fraction of sp³-hybridized carbons (Fsp3) is 0.385. The largest absolute Gasteiger partial charge is 0.399 e. The highest BCUT2D eigenvalue weighted by Crippen LogP contribution is 2.07. The fourth-order valence-electron chi connectivity index (χ4n) is 1.57. The molecule has 5 heteroatoms. The zero-order valence-electron chi connectivity index (χ0n) is 10.7. The summed E-state index contributed by atoms with van der Waals surface area (Å²) >= 11 is 0. The third kappa shape index (κ3) is 4.45. The van der Waals surface area contributed by atoms with Crippen LogP contribution in [0.3, 0.4) is 0 Å². The maximum Gasteiger partial charge on any atom is 0.242 e. The number of nitrogens with one attached hydrogen (secondary N) is 2. The quantitative estimate of drug-likeness (QED) is 0.662. The van der Waals surface area contributed by atoms with Crippen LogP contribution in [0.4, 0.5) is 5.69 Å². The Kier molecular flexibility index (Phi) is 5.17. The first kappa shape index (κ1) is 14.0. The summed E-state index contributed by atoms with van der Waals surface area (Å²) in [4.78, 5) is 23.2. The van der Waals surface area contributed by atoms with E-state index in [2.05, 4.69) is 10.6 Å². The third-order valence-corrected chi connectivity index (χ3v) is 2.44. The summed E-state index contributed by atoms with van der Waals surface area (Å²) in [6.07, 6.45) is 0.217. The van der Waals surface area contributed by atoms with E-state index < -0.39 is 6.04 Å². The number of benzene rings is 1. The number of anilines is 1. The summed E-state index contributed by atoms with van der Waals surface area (Å²) in [5, 5.41) is 5.29. The molecule has 0 radical (unpaired) electrons. The molecule has 2 amide bonds. The molecule has 0 fully saturated rings. The van der Waals surface area contributed by atoms with E-state index in [4.69, 9.17) is 5.73 Å². The Balaban J connectivity index is 2.49. The number of carbonyl (C=O) groups is 2. The van der Waals surface area contributed by atoms with Crippen LogP contribution in [0.1, 0.15) is 19.4 Å². The lowest BCUT2D eigenvalue weighted by Crippen LogP contribution is -2.45. The van der Waals surface area contributed by atoms with Gasteiger partial charge in [0, 0.05) is 12.2 Å². The van der Waals surface area contributed by atoms with Gasteiger partial charge in [0.2, 0.25) is 11.8 Å². The molecular weight excluding hydrogens is 230 g/mol. The topological polar surface area (TPSA) is 84.2 Å². The van der Waals surface area contributed by atoms with Crippen molar-refractivity contribution in [2.24, 2.45) is 0 Å². The standard InChI is InChI=1S/C13H19N3O2/c1-3-15-13(18)9(2)16-12(17)8-10-5-4-6-11(14)7-10/h4-7,9H,3,8,14H2,1-2H3,(H,15,18)(H,16,17). The van der Waals surface area contributed by atoms with Gasteiger partial charge in [-0.05, 0) is 31.5 Å². The van der Waals surface area contributed by atoms with E-state index in [0.29, 0.717) is 12.2 Å². The summed E-state index contributed by atoms with van der Waals surface area (Å²) in [7, 11) is 0. The molecule has 1 unspecified atom stereocenters. The third-order valence-electron chi connectivity index (χ3n) is 2.44. The predicted octanol–water partition coefficient (Wildman–Crippen LogP) is 0.452. The number of carbonyl (C=O) groups excluding carboxylic acids is 2. The van der Waals surface area contributed by atoms with Gasteiger partial charge in [0.25, 0.3) is 0 Å². The SMILES string of the molecule is CCNC(=O)C(C)NC(=O)Cc1cccc(N)c1. The zero-order chi connectivity index (χ0) is 13.5. The van der Waals surface area contributed by atoms with Crippen LogP contribution in [0.25, 0.3) is 0 Å². The van der Waals surface area contributed by atoms with Crippen molar-refractivity contribution in [1.29, 1.82) is 0 Å². The van der Waals surface area contributed by atoms with Crippen molar-refractivity contribution in [1.82, 2.24) is 10.6 Å². The summed E-state index contributed by atoms with van der Waals surface area (Å²) in [6.45, 7) is 4.04. The molecule has 0 spiro atoms. The minimum atomic E-state index is -0.529. The Morgan fingerprint density at radius 1 is 1.39 bits per heavy atom. The first-order valence-electron chi connectivity index (χ1n) is 5.94. The van der Waals surface area contributed by atoms with Crippen molar-refractivity contribution in [3.63, 3.8) is 0 Å². The second-order valence-electron chi connectivity index (χ2n) is 4.11. The van der Waals surface area contributed by atoms with Crippen LogP contribution in [0.5, 0.6) is 0 Å². The fourth-order valence-corrected chi connectivity index (χ4v) is 1.57. The normalized spacial score (nSPS) is 11.7. The Morgan fingerprint density at radius 2 is 2.11 bits per heavy atom. The van der Waals surface area contributed by atoms with Crippen LogP contribution < -0.4 is 16.4 Å². The predicted molar refractivity (Wildman–Crippen MR) is 70.8 cm³/mol. The van der Waals surface area contributed by atoms with Gasteiger partial charge in [0.1, 0.15) is 6.04 Å². The molecule has 1 aromatic rings. The molecule has 4 N–H and O–H groups in total. The maximum atomic E-state index is 11.7. The molecule has 0 saturated carbocycles. The van der Waals surface area contributed by atoms with E-state index >= 15 is 0 Å². The first-order valence-corrected chi connectivity index (χ1v) is 5.94. The van der Waals surface area contributed by atoms with Crippen LogP contribution in [-0.2, 0) is 16.0 Å². The number of nitrogens with two attached hydrogens (primary N) is 1. The van der Waals surface area contributed by atoms with Crippen molar-refractivity contribution in [3.05, 3.63) is 29.8 Å². The van der Waals surface area contributed by atoms with Crippen LogP contribution in [0.15, 0.2) is 24.3 Å². The molecule has 0 aliphatic rings. The van der Waals surface area contributed by atoms with Crippen molar-refractivity contribution < 1.29 is 9.59 Å². The first-order chi connectivity index (χ1) is 8.52. The molecule has 1 rings (SSSR count). The van der Waals surface area contributed by atoms with Gasteiger partial charge in [0.15, 0.2) is 0 Å². The van der Waals surface area contributed by atoms with Crippen LogP contribution in [-0.4, -0.2) is 24.4 Å². The summed E-state index contributed by atoms with van der Waals surface area (Å²) < 4.78 is 0. The van der Waals surface area contributed by atoms with E-state index in [9.17, 15) is 9.59 Å². The van der Waals surface area contributed by atoms with Crippen LogP contribution in [0.2, 0.25) is 0 Å². The molecule has 1 atom stereocenters. The summed E-state index contributed by atoms with van der Waals surface area (Å²) in [5.41, 5.74) is 7.08. The Morgan fingerprint density at radius 3 is 2.72 bits per heavy atom. The molecule has 5 nitrogen and oxygen atoms in total. The average Bonchev–Trinajstić information content (AvgIpc) is 2.28. The van der Waals surface area contributed by atoms with Gasteiger partial charge in [-0.15, -0.1) is 0 Å². The van der Waals surface area contributed by atoms with Gasteiger partial charge >= 0.3 is 0 Å². The second-order valence-corrected chi connectivity index (χ2v) is 4.11. The molecule has 0 aliphatic carbocycles. The smallest absolute Gasteiger partial charge is 0.242 e. The van der Waals surface area contributed by atoms with E-state index in [-0.39, 0.29) is 18.2 Å². The lowest BCUT2D eigenvalue weighted by atomic mass is 10.1. The van der Waals surface area contributed by atoms with Crippen molar-refractivity contribution in [3.8, 4) is 0 Å². The Labute approximate surface area is 107 Å². The molecule has 0 heterocycles. The molecule has 0 saturated heterocycles. The summed E-state index contributed by atoms with van der Waals surface area (Å²) in [6, 6.07) is 6.60. The van der Waals surface area contributed by atoms with Gasteiger partial charge in [-0.25, -0.2) is 0 Å². The monoisotopic (exact) mass is 249 g/mol. The Hall–Kier alpha value is -2.04. The average molecular weight is 249 g/mol. The maximum absolute atomic E-state index is 11.7. The zero-order valence-corrected chi connectivity index (χ0v) is 10.7. The van der Waals surface area contributed by atoms with Gasteiger partial charge in [-0.2, -0.15) is 0 Å². The van der Waals surface area contributed by atoms with Gasteiger partial charge in [0.05, 0.1) is 6.42 Å². The van der Waals surface area contributed by atoms with Crippen molar-refractivity contribution >= 4 is 17.5 Å². The number of hydrogen-bond donors (Lipinski definition) is 3. The van der Waals surface area contributed by atoms with Crippen LogP contribution in [0, 0.1) is 0 Å². The van der Waals surface area contributed by atoms with Crippen molar-refractivity contribution in [2.75, 3.05) is 12.3 Å². The van der Waals surface area contributed by atoms with E-state index in [1.807, 2.05) is 13.0 Å². The van der Waals surface area contributed by atoms with E-state index in [1.165, 1.54) is 0 Å². The number of hydrogen-bond acceptors (Lipinski definition) is 3. The number of amides is 2. The van der Waals surface area contributed by atoms with Gasteiger partial charge in [-0.1, -0.05) is 12.1 Å². The van der Waals surface area contributed by atoms with Gasteiger partial charge < -0.3 is 16.4 Å². The lowest BCUT2D eigenvalue weighted by molar-refractivity contribution is -0.128. The van der Waals surface area contributed by atoms with E-state index in [0.717, 1.165) is 5.56 Å². The summed E-state index contributed by atoms with van der Waals surface area (Å²) in [5.74, 6) is -0.377. The minimum Gasteiger partial charge on any atom is -0.399 e. The minimum absolute atomic E-state index is 0.182. The van der Waals surface area contributed by atoms with E-state index in [1.54, 1.807) is 25.1 Å².